The molecule has 4 heteroatoms. The van der Waals surface area contributed by atoms with Crippen molar-refractivity contribution in [1.29, 1.82) is 0 Å². The van der Waals surface area contributed by atoms with Gasteiger partial charge in [-0.25, -0.2) is 0 Å². The van der Waals surface area contributed by atoms with Gasteiger partial charge in [0.2, 0.25) is 0 Å². The summed E-state index contributed by atoms with van der Waals surface area (Å²) < 4.78 is 3.05. The van der Waals surface area contributed by atoms with Crippen LogP contribution in [0.1, 0.15) is 25.7 Å². The fourth-order valence-electron chi connectivity index (χ4n) is 2.34. The molecule has 1 heterocycles. The van der Waals surface area contributed by atoms with Crippen LogP contribution in [0.15, 0.2) is 36.5 Å². The first kappa shape index (κ1) is 15.4. The molecule has 0 bridgehead atoms. The van der Waals surface area contributed by atoms with Gasteiger partial charge >= 0.3 is 0 Å². The number of unbranched alkanes of at least 4 members (excludes halogenated alkanes) is 3. The van der Waals surface area contributed by atoms with Crippen molar-refractivity contribution in [3.05, 3.63) is 41.3 Å². The third-order valence-corrected chi connectivity index (χ3v) is 4.45. The van der Waals surface area contributed by atoms with Gasteiger partial charge < -0.3 is 9.55 Å². The molecular weight excluding hydrogens is 284 g/mol. The number of aromatic nitrogens is 2. The largest absolute Gasteiger partial charge is 0.337 e. The van der Waals surface area contributed by atoms with Gasteiger partial charge in [-0.3, -0.25) is 0 Å². The van der Waals surface area contributed by atoms with Crippen molar-refractivity contribution in [3.8, 4) is 11.3 Å². The molecule has 1 N–H and O–H groups in total. The zero-order valence-corrected chi connectivity index (χ0v) is 13.6. The lowest BCUT2D eigenvalue weighted by Crippen LogP contribution is -2.00. The maximum absolute atomic E-state index is 5.40. The van der Waals surface area contributed by atoms with Crippen molar-refractivity contribution in [1.82, 2.24) is 9.55 Å². The highest BCUT2D eigenvalue weighted by atomic mass is 32.2. The Labute approximate surface area is 130 Å². The van der Waals surface area contributed by atoms with E-state index in [1.165, 1.54) is 42.7 Å². The number of aromatic amines is 1. The molecule has 0 spiro atoms. The molecule has 0 aliphatic rings. The Kier molecular flexibility index (Phi) is 6.40. The number of H-pyrrole nitrogens is 1. The van der Waals surface area contributed by atoms with Gasteiger partial charge in [0.1, 0.15) is 0 Å². The van der Waals surface area contributed by atoms with Crippen LogP contribution in [-0.4, -0.2) is 21.6 Å². The molecule has 0 unspecified atom stereocenters. The molecule has 0 saturated carbocycles. The second-order valence-corrected chi connectivity index (χ2v) is 6.28. The van der Waals surface area contributed by atoms with Crippen molar-refractivity contribution in [2.75, 3.05) is 12.0 Å². The van der Waals surface area contributed by atoms with E-state index in [1.807, 2.05) is 24.0 Å². The van der Waals surface area contributed by atoms with Gasteiger partial charge in [-0.15, -0.1) is 0 Å². The summed E-state index contributed by atoms with van der Waals surface area (Å²) in [5.74, 6) is 1.28. The van der Waals surface area contributed by atoms with Crippen LogP contribution in [0.3, 0.4) is 0 Å². The molecule has 0 amide bonds. The van der Waals surface area contributed by atoms with E-state index in [-0.39, 0.29) is 0 Å². The molecule has 0 aliphatic heterocycles. The van der Waals surface area contributed by atoms with Crippen LogP contribution in [0.25, 0.3) is 11.3 Å². The monoisotopic (exact) mass is 306 g/mol. The predicted molar refractivity (Wildman–Crippen MR) is 91.9 cm³/mol. The molecule has 1 aromatic carbocycles. The van der Waals surface area contributed by atoms with Crippen LogP contribution < -0.4 is 0 Å². The second kappa shape index (κ2) is 8.32. The number of rotatable bonds is 8. The molecule has 0 atom stereocenters. The molecule has 108 valence electrons. The summed E-state index contributed by atoms with van der Waals surface area (Å²) in [7, 11) is 0. The molecule has 20 heavy (non-hydrogen) atoms. The Hall–Kier alpha value is -1.00. The topological polar surface area (TPSA) is 20.7 Å². The lowest BCUT2D eigenvalue weighted by atomic mass is 10.1. The molecule has 2 nitrogen and oxygen atoms in total. The summed E-state index contributed by atoms with van der Waals surface area (Å²) in [6, 6.07) is 10.4. The van der Waals surface area contributed by atoms with Crippen molar-refractivity contribution in [2.45, 2.75) is 32.2 Å². The highest BCUT2D eigenvalue weighted by Gasteiger charge is 2.05. The van der Waals surface area contributed by atoms with Gasteiger partial charge in [-0.1, -0.05) is 43.2 Å². The van der Waals surface area contributed by atoms with Gasteiger partial charge in [0, 0.05) is 12.7 Å². The van der Waals surface area contributed by atoms with E-state index in [9.17, 15) is 0 Å². The molecular formula is C16H22N2S2. The van der Waals surface area contributed by atoms with Gasteiger partial charge in [-0.2, -0.15) is 11.8 Å². The van der Waals surface area contributed by atoms with Crippen LogP contribution in [-0.2, 0) is 6.54 Å². The number of imidazole rings is 1. The van der Waals surface area contributed by atoms with E-state index in [4.69, 9.17) is 12.2 Å². The third-order valence-electron chi connectivity index (χ3n) is 3.42. The van der Waals surface area contributed by atoms with Gasteiger partial charge in [0.15, 0.2) is 4.77 Å². The number of hydrogen-bond donors (Lipinski definition) is 1. The van der Waals surface area contributed by atoms with Crippen LogP contribution in [0.5, 0.6) is 0 Å². The molecule has 0 aliphatic carbocycles. The fraction of sp³-hybridized carbons (Fsp3) is 0.438. The van der Waals surface area contributed by atoms with Crippen molar-refractivity contribution >= 4 is 24.0 Å². The van der Waals surface area contributed by atoms with Crippen molar-refractivity contribution in [2.24, 2.45) is 0 Å². The highest BCUT2D eigenvalue weighted by Crippen LogP contribution is 2.20. The van der Waals surface area contributed by atoms with Crippen LogP contribution in [0.4, 0.5) is 0 Å². The van der Waals surface area contributed by atoms with E-state index in [2.05, 4.69) is 40.1 Å². The van der Waals surface area contributed by atoms with Gasteiger partial charge in [0.05, 0.1) is 5.69 Å². The summed E-state index contributed by atoms with van der Waals surface area (Å²) in [6.07, 6.45) is 9.31. The lowest BCUT2D eigenvalue weighted by molar-refractivity contribution is 0.583. The Morgan fingerprint density at radius 1 is 1.10 bits per heavy atom. The van der Waals surface area contributed by atoms with E-state index in [0.717, 1.165) is 11.3 Å². The van der Waals surface area contributed by atoms with Crippen molar-refractivity contribution < 1.29 is 0 Å². The average molecular weight is 307 g/mol. The summed E-state index contributed by atoms with van der Waals surface area (Å²) in [6.45, 7) is 1.01. The van der Waals surface area contributed by atoms with E-state index in [0.29, 0.717) is 0 Å². The summed E-state index contributed by atoms with van der Waals surface area (Å²) >= 11 is 7.33. The fourth-order valence-corrected chi connectivity index (χ4v) is 3.08. The normalized spacial score (nSPS) is 10.8. The Morgan fingerprint density at radius 2 is 1.85 bits per heavy atom. The number of nitrogens with zero attached hydrogens (tertiary/aromatic N) is 1. The average Bonchev–Trinajstić information content (AvgIpc) is 2.85. The van der Waals surface area contributed by atoms with Crippen LogP contribution >= 0.6 is 24.0 Å². The molecule has 1 aromatic heterocycles. The lowest BCUT2D eigenvalue weighted by Gasteiger charge is -2.08. The van der Waals surface area contributed by atoms with E-state index >= 15 is 0 Å². The molecule has 0 radical (unpaired) electrons. The zero-order valence-electron chi connectivity index (χ0n) is 12.0. The van der Waals surface area contributed by atoms with Gasteiger partial charge in [-0.05, 0) is 42.6 Å². The van der Waals surface area contributed by atoms with Gasteiger partial charge in [0.25, 0.3) is 0 Å². The van der Waals surface area contributed by atoms with Crippen LogP contribution in [0, 0.1) is 4.77 Å². The molecule has 0 fully saturated rings. The smallest absolute Gasteiger partial charge is 0.177 e. The first-order chi connectivity index (χ1) is 9.83. The maximum Gasteiger partial charge on any atom is 0.177 e. The number of benzene rings is 1. The molecule has 2 rings (SSSR count). The maximum atomic E-state index is 5.40. The number of hydrogen-bond acceptors (Lipinski definition) is 2. The molecule has 0 saturated heterocycles. The SMILES string of the molecule is CSCCCCCCn1c(-c2ccccc2)c[nH]c1=S. The first-order valence-electron chi connectivity index (χ1n) is 7.15. The zero-order chi connectivity index (χ0) is 14.2. The summed E-state index contributed by atoms with van der Waals surface area (Å²) in [5, 5.41) is 0. The number of thioether (sulfide) groups is 1. The standard InChI is InChI=1S/C16H22N2S2/c1-20-12-8-3-2-7-11-18-15(13-17-16(18)19)14-9-5-4-6-10-14/h4-6,9-10,13H,2-3,7-8,11-12H2,1H3,(H,17,19). The highest BCUT2D eigenvalue weighted by molar-refractivity contribution is 7.98. The van der Waals surface area contributed by atoms with E-state index in [1.54, 1.807) is 0 Å². The Bertz CT molecular complexity index is 557. The quantitative estimate of drug-likeness (QED) is 0.538. The minimum absolute atomic E-state index is 0.827. The van der Waals surface area contributed by atoms with E-state index < -0.39 is 0 Å². The predicted octanol–water partition coefficient (Wildman–Crippen LogP) is 5.14. The third kappa shape index (κ3) is 4.25. The second-order valence-electron chi connectivity index (χ2n) is 4.90. The Balaban J connectivity index is 1.95. The minimum Gasteiger partial charge on any atom is -0.337 e. The summed E-state index contributed by atoms with van der Waals surface area (Å²) in [4.78, 5) is 3.17. The first-order valence-corrected chi connectivity index (χ1v) is 8.95. The molecule has 2 aromatic rings. The van der Waals surface area contributed by atoms with Crippen LogP contribution in [0.2, 0.25) is 0 Å². The minimum atomic E-state index is 0.827. The van der Waals surface area contributed by atoms with Crippen molar-refractivity contribution in [3.63, 3.8) is 0 Å². The summed E-state index contributed by atoms with van der Waals surface area (Å²) in [5.41, 5.74) is 2.42. The number of nitrogens with one attached hydrogen (secondary N) is 1. The Morgan fingerprint density at radius 3 is 2.60 bits per heavy atom.